The highest BCUT2D eigenvalue weighted by atomic mass is 16.5. The van der Waals surface area contributed by atoms with Gasteiger partial charge in [0.1, 0.15) is 6.10 Å². The molecule has 0 spiro atoms. The molecule has 0 bridgehead atoms. The van der Waals surface area contributed by atoms with E-state index in [9.17, 15) is 5.11 Å². The number of hydrogen-bond donors (Lipinski definition) is 1. The minimum absolute atomic E-state index is 0.349. The molecule has 80 valence electrons. The SMILES string of the molecule is CCCC(C)COCC(O)COC. The maximum atomic E-state index is 9.24. The number of hydrogen-bond acceptors (Lipinski definition) is 3. The van der Waals surface area contributed by atoms with Gasteiger partial charge < -0.3 is 14.6 Å². The first-order valence-electron chi connectivity index (χ1n) is 4.95. The summed E-state index contributed by atoms with van der Waals surface area (Å²) < 4.78 is 10.1. The summed E-state index contributed by atoms with van der Waals surface area (Å²) in [7, 11) is 1.57. The van der Waals surface area contributed by atoms with Crippen molar-refractivity contribution in [2.75, 3.05) is 26.9 Å². The van der Waals surface area contributed by atoms with Gasteiger partial charge in [0, 0.05) is 13.7 Å². The third-order valence-corrected chi connectivity index (χ3v) is 1.85. The Morgan fingerprint density at radius 3 is 2.46 bits per heavy atom. The lowest BCUT2D eigenvalue weighted by Crippen LogP contribution is -2.22. The third kappa shape index (κ3) is 8.22. The molecule has 1 N–H and O–H groups in total. The molecule has 13 heavy (non-hydrogen) atoms. The van der Waals surface area contributed by atoms with Crippen molar-refractivity contribution >= 4 is 0 Å². The highest BCUT2D eigenvalue weighted by Gasteiger charge is 2.05. The second kappa shape index (κ2) is 8.48. The van der Waals surface area contributed by atoms with Crippen molar-refractivity contribution in [2.45, 2.75) is 32.8 Å². The number of aliphatic hydroxyl groups excluding tert-OH is 1. The average Bonchev–Trinajstić information content (AvgIpc) is 2.05. The van der Waals surface area contributed by atoms with Crippen LogP contribution in [0.3, 0.4) is 0 Å². The van der Waals surface area contributed by atoms with E-state index in [2.05, 4.69) is 13.8 Å². The van der Waals surface area contributed by atoms with Crippen LogP contribution in [0.4, 0.5) is 0 Å². The number of methoxy groups -OCH3 is 1. The van der Waals surface area contributed by atoms with Crippen LogP contribution in [0.25, 0.3) is 0 Å². The smallest absolute Gasteiger partial charge is 0.101 e. The first-order chi connectivity index (χ1) is 6.20. The predicted molar refractivity (Wildman–Crippen MR) is 52.8 cm³/mol. The first-order valence-corrected chi connectivity index (χ1v) is 4.95. The lowest BCUT2D eigenvalue weighted by molar-refractivity contribution is -0.0143. The van der Waals surface area contributed by atoms with Gasteiger partial charge in [-0.05, 0) is 12.3 Å². The molecule has 0 aliphatic carbocycles. The van der Waals surface area contributed by atoms with Crippen molar-refractivity contribution in [3.05, 3.63) is 0 Å². The summed E-state index contributed by atoms with van der Waals surface area (Å²) in [4.78, 5) is 0. The van der Waals surface area contributed by atoms with Crippen LogP contribution in [0, 0.1) is 5.92 Å². The molecule has 0 saturated heterocycles. The molecule has 0 aromatic rings. The third-order valence-electron chi connectivity index (χ3n) is 1.85. The van der Waals surface area contributed by atoms with Crippen molar-refractivity contribution in [1.82, 2.24) is 0 Å². The molecule has 3 nitrogen and oxygen atoms in total. The number of rotatable bonds is 8. The van der Waals surface area contributed by atoms with Crippen LogP contribution in [0.15, 0.2) is 0 Å². The highest BCUT2D eigenvalue weighted by Crippen LogP contribution is 2.05. The topological polar surface area (TPSA) is 38.7 Å². The van der Waals surface area contributed by atoms with E-state index in [-0.39, 0.29) is 0 Å². The minimum Gasteiger partial charge on any atom is -0.388 e. The standard InChI is InChI=1S/C10H22O3/c1-4-5-9(2)6-13-8-10(11)7-12-3/h9-11H,4-8H2,1-3H3. The summed E-state index contributed by atoms with van der Waals surface area (Å²) in [6.45, 7) is 5.78. The fourth-order valence-electron chi connectivity index (χ4n) is 1.22. The quantitative estimate of drug-likeness (QED) is 0.629. The molecule has 2 atom stereocenters. The largest absolute Gasteiger partial charge is 0.388 e. The van der Waals surface area contributed by atoms with E-state index in [1.54, 1.807) is 7.11 Å². The monoisotopic (exact) mass is 190 g/mol. The van der Waals surface area contributed by atoms with E-state index in [1.165, 1.54) is 12.8 Å². The number of aliphatic hydroxyl groups is 1. The van der Waals surface area contributed by atoms with Crippen LogP contribution in [0.1, 0.15) is 26.7 Å². The van der Waals surface area contributed by atoms with Gasteiger partial charge in [-0.25, -0.2) is 0 Å². The molecule has 0 aromatic heterocycles. The molecule has 0 heterocycles. The zero-order chi connectivity index (χ0) is 10.1. The van der Waals surface area contributed by atoms with Gasteiger partial charge in [0.2, 0.25) is 0 Å². The van der Waals surface area contributed by atoms with E-state index < -0.39 is 6.10 Å². The Bertz CT molecular complexity index is 94.3. The van der Waals surface area contributed by atoms with Gasteiger partial charge in [0.25, 0.3) is 0 Å². The van der Waals surface area contributed by atoms with Crippen molar-refractivity contribution < 1.29 is 14.6 Å². The highest BCUT2D eigenvalue weighted by molar-refractivity contribution is 4.53. The van der Waals surface area contributed by atoms with Crippen molar-refractivity contribution in [2.24, 2.45) is 5.92 Å². The van der Waals surface area contributed by atoms with Gasteiger partial charge in [0.05, 0.1) is 13.2 Å². The van der Waals surface area contributed by atoms with E-state index in [1.807, 2.05) is 0 Å². The fourth-order valence-corrected chi connectivity index (χ4v) is 1.22. The lowest BCUT2D eigenvalue weighted by Gasteiger charge is -2.13. The minimum atomic E-state index is -0.487. The zero-order valence-electron chi connectivity index (χ0n) is 8.95. The summed E-state index contributed by atoms with van der Waals surface area (Å²) in [6, 6.07) is 0. The van der Waals surface area contributed by atoms with E-state index >= 15 is 0 Å². The summed E-state index contributed by atoms with van der Waals surface area (Å²) in [6.07, 6.45) is 1.88. The van der Waals surface area contributed by atoms with E-state index in [0.717, 1.165) is 6.61 Å². The molecular weight excluding hydrogens is 168 g/mol. The summed E-state index contributed by atoms with van der Waals surface area (Å²) in [5.41, 5.74) is 0. The van der Waals surface area contributed by atoms with Gasteiger partial charge in [-0.2, -0.15) is 0 Å². The molecule has 0 rings (SSSR count). The Morgan fingerprint density at radius 2 is 1.92 bits per heavy atom. The van der Waals surface area contributed by atoms with Crippen molar-refractivity contribution in [3.8, 4) is 0 Å². The van der Waals surface area contributed by atoms with Crippen LogP contribution in [0.2, 0.25) is 0 Å². The van der Waals surface area contributed by atoms with Gasteiger partial charge in [-0.15, -0.1) is 0 Å². The van der Waals surface area contributed by atoms with Crippen LogP contribution < -0.4 is 0 Å². The normalized spacial score (nSPS) is 15.7. The van der Waals surface area contributed by atoms with Gasteiger partial charge in [-0.3, -0.25) is 0 Å². The maximum Gasteiger partial charge on any atom is 0.101 e. The summed E-state index contributed by atoms with van der Waals surface area (Å²) >= 11 is 0. The van der Waals surface area contributed by atoms with Gasteiger partial charge >= 0.3 is 0 Å². The van der Waals surface area contributed by atoms with Crippen molar-refractivity contribution in [3.63, 3.8) is 0 Å². The van der Waals surface area contributed by atoms with Gasteiger partial charge in [-0.1, -0.05) is 20.3 Å². The molecule has 2 unspecified atom stereocenters. The average molecular weight is 190 g/mol. The first kappa shape index (κ1) is 12.9. The number of ether oxygens (including phenoxy) is 2. The van der Waals surface area contributed by atoms with E-state index in [0.29, 0.717) is 19.1 Å². The lowest BCUT2D eigenvalue weighted by atomic mass is 10.1. The molecule has 3 heteroatoms. The molecule has 0 radical (unpaired) electrons. The Hall–Kier alpha value is -0.120. The second-order valence-electron chi connectivity index (χ2n) is 3.54. The molecule has 0 aliphatic heterocycles. The molecule has 0 aromatic carbocycles. The Kier molecular flexibility index (Phi) is 8.40. The molecule has 0 saturated carbocycles. The van der Waals surface area contributed by atoms with Crippen molar-refractivity contribution in [1.29, 1.82) is 0 Å². The van der Waals surface area contributed by atoms with Crippen LogP contribution in [-0.4, -0.2) is 38.1 Å². The van der Waals surface area contributed by atoms with Crippen LogP contribution >= 0.6 is 0 Å². The van der Waals surface area contributed by atoms with Crippen LogP contribution in [-0.2, 0) is 9.47 Å². The predicted octanol–water partition coefficient (Wildman–Crippen LogP) is 1.45. The van der Waals surface area contributed by atoms with Gasteiger partial charge in [0.15, 0.2) is 0 Å². The Balaban J connectivity index is 3.23. The summed E-state index contributed by atoms with van der Waals surface area (Å²) in [5, 5.41) is 9.24. The van der Waals surface area contributed by atoms with E-state index in [4.69, 9.17) is 9.47 Å². The molecule has 0 aliphatic rings. The summed E-state index contributed by atoms with van der Waals surface area (Å²) in [5.74, 6) is 0.583. The molecular formula is C10H22O3. The Morgan fingerprint density at radius 1 is 1.23 bits per heavy atom. The maximum absolute atomic E-state index is 9.24. The second-order valence-corrected chi connectivity index (χ2v) is 3.54. The molecule has 0 fully saturated rings. The fraction of sp³-hybridized carbons (Fsp3) is 1.00. The van der Waals surface area contributed by atoms with Crippen LogP contribution in [0.5, 0.6) is 0 Å². The molecule has 0 amide bonds. The zero-order valence-corrected chi connectivity index (χ0v) is 8.95. The Labute approximate surface area is 81.0 Å².